The van der Waals surface area contributed by atoms with Crippen molar-refractivity contribution >= 4 is 33.2 Å². The molecule has 120 valence electrons. The topological polar surface area (TPSA) is 40.6 Å². The van der Waals surface area contributed by atoms with Gasteiger partial charge in [-0.25, -0.2) is 8.42 Å². The van der Waals surface area contributed by atoms with Gasteiger partial charge in [0, 0.05) is 24.7 Å². The van der Waals surface area contributed by atoms with Gasteiger partial charge in [0.2, 0.25) is 10.0 Å². The molecule has 4 nitrogen and oxygen atoms in total. The van der Waals surface area contributed by atoms with Crippen LogP contribution in [0.15, 0.2) is 23.1 Å². The smallest absolute Gasteiger partial charge is 0.244 e. The highest BCUT2D eigenvalue weighted by atomic mass is 35.5. The van der Waals surface area contributed by atoms with Gasteiger partial charge >= 0.3 is 0 Å². The van der Waals surface area contributed by atoms with Gasteiger partial charge in [-0.2, -0.15) is 4.31 Å². The molecule has 7 heteroatoms. The Morgan fingerprint density at radius 2 is 1.62 bits per heavy atom. The average molecular weight is 353 g/mol. The molecule has 0 bridgehead atoms. The fraction of sp³-hybridized carbons (Fsp3) is 0.571. The zero-order valence-electron chi connectivity index (χ0n) is 12.6. The number of benzene rings is 1. The molecule has 0 aliphatic carbocycles. The van der Waals surface area contributed by atoms with E-state index in [1.165, 1.54) is 16.4 Å². The second-order valence-electron chi connectivity index (χ2n) is 4.60. The molecule has 0 spiro atoms. The fourth-order valence-corrected chi connectivity index (χ4v) is 4.25. The quantitative estimate of drug-likeness (QED) is 0.720. The maximum Gasteiger partial charge on any atom is 0.244 e. The van der Waals surface area contributed by atoms with Crippen molar-refractivity contribution in [1.29, 1.82) is 0 Å². The lowest BCUT2D eigenvalue weighted by molar-refractivity contribution is 0.274. The van der Waals surface area contributed by atoms with E-state index in [1.54, 1.807) is 6.07 Å². The van der Waals surface area contributed by atoms with E-state index in [4.69, 9.17) is 23.2 Å². The van der Waals surface area contributed by atoms with Gasteiger partial charge < -0.3 is 4.90 Å². The van der Waals surface area contributed by atoms with E-state index in [9.17, 15) is 8.42 Å². The molecule has 0 fully saturated rings. The Morgan fingerprint density at radius 3 is 2.10 bits per heavy atom. The summed E-state index contributed by atoms with van der Waals surface area (Å²) >= 11 is 11.9. The fourth-order valence-electron chi connectivity index (χ4n) is 2.06. The van der Waals surface area contributed by atoms with Crippen molar-refractivity contribution in [1.82, 2.24) is 9.21 Å². The Hall–Kier alpha value is -0.330. The van der Waals surface area contributed by atoms with E-state index in [2.05, 4.69) is 18.7 Å². The molecule has 0 N–H and O–H groups in total. The zero-order valence-corrected chi connectivity index (χ0v) is 15.0. The second kappa shape index (κ2) is 8.34. The summed E-state index contributed by atoms with van der Waals surface area (Å²) in [5, 5.41) is 0.578. The van der Waals surface area contributed by atoms with Crippen LogP contribution in [0.4, 0.5) is 0 Å². The SMILES string of the molecule is CCN(CC)CCN(CC)S(=O)(=O)c1ccc(Cl)cc1Cl. The minimum absolute atomic E-state index is 0.106. The summed E-state index contributed by atoms with van der Waals surface area (Å²) in [6.07, 6.45) is 0. The van der Waals surface area contributed by atoms with E-state index >= 15 is 0 Å². The molecule has 0 aliphatic heterocycles. The van der Waals surface area contributed by atoms with Crippen LogP contribution in [0, 0.1) is 0 Å². The molecule has 0 saturated carbocycles. The van der Waals surface area contributed by atoms with Gasteiger partial charge in [0.25, 0.3) is 0 Å². The van der Waals surface area contributed by atoms with Gasteiger partial charge in [0.05, 0.1) is 5.02 Å². The largest absolute Gasteiger partial charge is 0.303 e. The standard InChI is InChI=1S/C14H22Cl2N2O2S/c1-4-17(5-2)9-10-18(6-3)21(19,20)14-8-7-12(15)11-13(14)16/h7-8,11H,4-6,9-10H2,1-3H3. The van der Waals surface area contributed by atoms with Crippen LogP contribution in [0.1, 0.15) is 20.8 Å². The van der Waals surface area contributed by atoms with E-state index < -0.39 is 10.0 Å². The molecule has 0 unspecified atom stereocenters. The summed E-state index contributed by atoms with van der Waals surface area (Å²) in [7, 11) is -3.59. The number of likely N-dealkylation sites (N-methyl/N-ethyl adjacent to an activating group) is 2. The molecule has 1 rings (SSSR count). The van der Waals surface area contributed by atoms with Crippen LogP contribution in [0.5, 0.6) is 0 Å². The van der Waals surface area contributed by atoms with Gasteiger partial charge in [-0.15, -0.1) is 0 Å². The first-order valence-electron chi connectivity index (χ1n) is 7.04. The lowest BCUT2D eigenvalue weighted by atomic mass is 10.4. The van der Waals surface area contributed by atoms with Crippen LogP contribution >= 0.6 is 23.2 Å². The lowest BCUT2D eigenvalue weighted by Gasteiger charge is -2.25. The van der Waals surface area contributed by atoms with Crippen molar-refractivity contribution in [2.45, 2.75) is 25.7 Å². The normalized spacial score (nSPS) is 12.3. The average Bonchev–Trinajstić information content (AvgIpc) is 2.43. The molecule has 1 aromatic rings. The molecule has 0 radical (unpaired) electrons. The molecular formula is C14H22Cl2N2O2S. The van der Waals surface area contributed by atoms with E-state index in [1.807, 2.05) is 6.92 Å². The van der Waals surface area contributed by atoms with Crippen LogP contribution in [0.3, 0.4) is 0 Å². The minimum Gasteiger partial charge on any atom is -0.303 e. The number of rotatable bonds is 8. The monoisotopic (exact) mass is 352 g/mol. The summed E-state index contributed by atoms with van der Waals surface area (Å²) < 4.78 is 26.8. The summed E-state index contributed by atoms with van der Waals surface area (Å²) in [4.78, 5) is 2.29. The van der Waals surface area contributed by atoms with Crippen LogP contribution in [0.2, 0.25) is 10.0 Å². The summed E-state index contributed by atoms with van der Waals surface area (Å²) in [6.45, 7) is 9.29. The van der Waals surface area contributed by atoms with Gasteiger partial charge in [0.15, 0.2) is 0 Å². The number of hydrogen-bond acceptors (Lipinski definition) is 3. The molecule has 0 aromatic heterocycles. The van der Waals surface area contributed by atoms with Crippen LogP contribution in [-0.4, -0.2) is 50.3 Å². The Balaban J connectivity index is 2.97. The Bertz CT molecular complexity index is 560. The van der Waals surface area contributed by atoms with Crippen molar-refractivity contribution in [3.63, 3.8) is 0 Å². The maximum atomic E-state index is 12.7. The first-order valence-corrected chi connectivity index (χ1v) is 9.23. The van der Waals surface area contributed by atoms with E-state index in [-0.39, 0.29) is 9.92 Å². The van der Waals surface area contributed by atoms with Crippen molar-refractivity contribution in [2.24, 2.45) is 0 Å². The second-order valence-corrected chi connectivity index (χ2v) is 7.35. The third-order valence-electron chi connectivity index (χ3n) is 3.42. The van der Waals surface area contributed by atoms with Gasteiger partial charge in [-0.1, -0.05) is 44.0 Å². The van der Waals surface area contributed by atoms with E-state index in [0.717, 1.165) is 13.1 Å². The minimum atomic E-state index is -3.59. The summed E-state index contributed by atoms with van der Waals surface area (Å²) in [5.74, 6) is 0. The molecule has 0 amide bonds. The van der Waals surface area contributed by atoms with Crippen LogP contribution < -0.4 is 0 Å². The maximum absolute atomic E-state index is 12.7. The predicted molar refractivity (Wildman–Crippen MR) is 88.7 cm³/mol. The highest BCUT2D eigenvalue weighted by Crippen LogP contribution is 2.27. The van der Waals surface area contributed by atoms with Crippen molar-refractivity contribution < 1.29 is 8.42 Å². The first-order chi connectivity index (χ1) is 9.86. The molecule has 21 heavy (non-hydrogen) atoms. The Labute approximate surface area is 137 Å². The predicted octanol–water partition coefficient (Wildman–Crippen LogP) is 3.35. The molecule has 0 aliphatic rings. The van der Waals surface area contributed by atoms with Gasteiger partial charge in [-0.3, -0.25) is 0 Å². The van der Waals surface area contributed by atoms with E-state index in [0.29, 0.717) is 24.7 Å². The zero-order chi connectivity index (χ0) is 16.0. The van der Waals surface area contributed by atoms with Crippen molar-refractivity contribution in [2.75, 3.05) is 32.7 Å². The summed E-state index contributed by atoms with van der Waals surface area (Å²) in [6, 6.07) is 4.45. The number of hydrogen-bond donors (Lipinski definition) is 0. The third kappa shape index (κ3) is 4.83. The molecule has 0 atom stereocenters. The first kappa shape index (κ1) is 18.7. The van der Waals surface area contributed by atoms with Gasteiger partial charge in [-0.05, 0) is 31.3 Å². The Kier molecular flexibility index (Phi) is 7.44. The highest BCUT2D eigenvalue weighted by molar-refractivity contribution is 7.89. The third-order valence-corrected chi connectivity index (χ3v) is 6.12. The van der Waals surface area contributed by atoms with Crippen molar-refractivity contribution in [3.8, 4) is 0 Å². The molecule has 1 aromatic carbocycles. The number of sulfonamides is 1. The van der Waals surface area contributed by atoms with Gasteiger partial charge in [0.1, 0.15) is 4.90 Å². The van der Waals surface area contributed by atoms with Crippen LogP contribution in [-0.2, 0) is 10.0 Å². The molecule has 0 heterocycles. The molecular weight excluding hydrogens is 331 g/mol. The van der Waals surface area contributed by atoms with Crippen LogP contribution in [0.25, 0.3) is 0 Å². The summed E-state index contributed by atoms with van der Waals surface area (Å²) in [5.41, 5.74) is 0. The highest BCUT2D eigenvalue weighted by Gasteiger charge is 2.25. The lowest BCUT2D eigenvalue weighted by Crippen LogP contribution is -2.38. The number of halogens is 2. The molecule has 0 saturated heterocycles. The Morgan fingerprint density at radius 1 is 1.00 bits per heavy atom. The number of nitrogens with zero attached hydrogens (tertiary/aromatic N) is 2. The van der Waals surface area contributed by atoms with Crippen molar-refractivity contribution in [3.05, 3.63) is 28.2 Å².